The van der Waals surface area contributed by atoms with E-state index in [9.17, 15) is 4.39 Å². The Morgan fingerprint density at radius 1 is 1.47 bits per heavy atom. The molecule has 1 aromatic rings. The summed E-state index contributed by atoms with van der Waals surface area (Å²) in [6, 6.07) is 3.41. The monoisotopic (exact) mass is 208 g/mol. The molecule has 2 aliphatic rings. The number of hydrogen-bond donors (Lipinski definition) is 1. The molecule has 0 saturated carbocycles. The van der Waals surface area contributed by atoms with Crippen molar-refractivity contribution in [3.63, 3.8) is 0 Å². The molecule has 1 unspecified atom stereocenters. The van der Waals surface area contributed by atoms with E-state index in [1.165, 1.54) is 6.07 Å². The molecule has 0 aliphatic carbocycles. The molecule has 0 bridgehead atoms. The zero-order chi connectivity index (χ0) is 10.4. The lowest BCUT2D eigenvalue weighted by molar-refractivity contribution is 0.269. The van der Waals surface area contributed by atoms with Crippen molar-refractivity contribution in [1.29, 1.82) is 0 Å². The predicted molar refractivity (Wildman–Crippen MR) is 56.7 cm³/mol. The lowest BCUT2D eigenvalue weighted by atomic mass is 10.1. The number of nitrogens with zero attached hydrogens (tertiary/aromatic N) is 1. The van der Waals surface area contributed by atoms with Gasteiger partial charge in [-0.05, 0) is 18.9 Å². The van der Waals surface area contributed by atoms with Gasteiger partial charge >= 0.3 is 0 Å². The normalized spacial score (nSPS) is 23.3. The van der Waals surface area contributed by atoms with Crippen molar-refractivity contribution >= 4 is 11.4 Å². The smallest absolute Gasteiger partial charge is 0.152 e. The van der Waals surface area contributed by atoms with Crippen LogP contribution in [0.1, 0.15) is 12.8 Å². The minimum Gasteiger partial charge on any atom is -0.489 e. The molecule has 80 valence electrons. The van der Waals surface area contributed by atoms with Crippen molar-refractivity contribution in [3.05, 3.63) is 17.9 Å². The summed E-state index contributed by atoms with van der Waals surface area (Å²) >= 11 is 0. The van der Waals surface area contributed by atoms with Gasteiger partial charge in [-0.15, -0.1) is 0 Å². The first-order chi connectivity index (χ1) is 7.25. The minimum atomic E-state index is -0.267. The number of fused-ring (bicyclic) bond motifs is 3. The largest absolute Gasteiger partial charge is 0.489 e. The fourth-order valence-corrected chi connectivity index (χ4v) is 2.47. The number of ether oxygens (including phenoxy) is 1. The zero-order valence-corrected chi connectivity index (χ0v) is 8.37. The van der Waals surface area contributed by atoms with Gasteiger partial charge in [0.05, 0.1) is 6.04 Å². The summed E-state index contributed by atoms with van der Waals surface area (Å²) in [5, 5.41) is 0. The average Bonchev–Trinajstić information content (AvgIpc) is 2.63. The molecular formula is C11H13FN2O. The van der Waals surface area contributed by atoms with Crippen molar-refractivity contribution in [2.75, 3.05) is 23.8 Å². The second-order valence-electron chi connectivity index (χ2n) is 4.15. The number of nitrogen functional groups attached to an aromatic ring is 1. The van der Waals surface area contributed by atoms with Crippen LogP contribution in [0, 0.1) is 5.82 Å². The highest BCUT2D eigenvalue weighted by Gasteiger charge is 2.33. The molecule has 0 spiro atoms. The third-order valence-corrected chi connectivity index (χ3v) is 3.15. The summed E-state index contributed by atoms with van der Waals surface area (Å²) in [6.07, 6.45) is 2.19. The number of nitrogens with two attached hydrogens (primary N) is 1. The topological polar surface area (TPSA) is 38.5 Å². The lowest BCUT2D eigenvalue weighted by Crippen LogP contribution is -2.38. The van der Waals surface area contributed by atoms with Crippen LogP contribution in [0.3, 0.4) is 0 Å². The molecule has 1 atom stereocenters. The van der Waals surface area contributed by atoms with Crippen LogP contribution >= 0.6 is 0 Å². The summed E-state index contributed by atoms with van der Waals surface area (Å²) in [4.78, 5) is 2.10. The van der Waals surface area contributed by atoms with Gasteiger partial charge in [0.25, 0.3) is 0 Å². The van der Waals surface area contributed by atoms with Crippen LogP contribution in [0.2, 0.25) is 0 Å². The molecule has 15 heavy (non-hydrogen) atoms. The fourth-order valence-electron chi connectivity index (χ4n) is 2.47. The molecule has 4 heteroatoms. The number of benzene rings is 1. The second kappa shape index (κ2) is 3.02. The van der Waals surface area contributed by atoms with Crippen LogP contribution in [-0.4, -0.2) is 19.2 Å². The van der Waals surface area contributed by atoms with Gasteiger partial charge in [-0.25, -0.2) is 4.39 Å². The van der Waals surface area contributed by atoms with Crippen molar-refractivity contribution in [2.45, 2.75) is 18.9 Å². The second-order valence-corrected chi connectivity index (χ2v) is 4.15. The Morgan fingerprint density at radius 2 is 2.33 bits per heavy atom. The maximum atomic E-state index is 13.8. The number of hydrogen-bond acceptors (Lipinski definition) is 3. The van der Waals surface area contributed by atoms with Gasteiger partial charge in [0.1, 0.15) is 18.0 Å². The van der Waals surface area contributed by atoms with Gasteiger partial charge in [-0.2, -0.15) is 0 Å². The average molecular weight is 208 g/mol. The van der Waals surface area contributed by atoms with Crippen LogP contribution < -0.4 is 15.4 Å². The van der Waals surface area contributed by atoms with E-state index in [1.54, 1.807) is 6.07 Å². The molecule has 2 N–H and O–H groups in total. The Bertz CT molecular complexity index is 408. The molecule has 3 rings (SSSR count). The molecule has 1 aromatic carbocycles. The quantitative estimate of drug-likeness (QED) is 0.660. The minimum absolute atomic E-state index is 0.267. The molecular weight excluding hydrogens is 195 g/mol. The fraction of sp³-hybridized carbons (Fsp3) is 0.455. The Morgan fingerprint density at radius 3 is 3.20 bits per heavy atom. The van der Waals surface area contributed by atoms with E-state index in [-0.39, 0.29) is 5.82 Å². The summed E-state index contributed by atoms with van der Waals surface area (Å²) in [5.41, 5.74) is 6.60. The van der Waals surface area contributed by atoms with E-state index in [2.05, 4.69) is 4.90 Å². The van der Waals surface area contributed by atoms with Gasteiger partial charge < -0.3 is 15.4 Å². The summed E-state index contributed by atoms with van der Waals surface area (Å²) < 4.78 is 19.3. The Hall–Kier alpha value is -1.45. The van der Waals surface area contributed by atoms with Crippen molar-refractivity contribution in [2.24, 2.45) is 0 Å². The van der Waals surface area contributed by atoms with Gasteiger partial charge in [0.15, 0.2) is 5.82 Å². The molecule has 0 aromatic heterocycles. The van der Waals surface area contributed by atoms with Crippen LogP contribution in [-0.2, 0) is 0 Å². The zero-order valence-electron chi connectivity index (χ0n) is 8.37. The first-order valence-electron chi connectivity index (χ1n) is 5.24. The van der Waals surface area contributed by atoms with E-state index in [0.717, 1.165) is 19.4 Å². The van der Waals surface area contributed by atoms with Gasteiger partial charge in [-0.3, -0.25) is 0 Å². The highest BCUT2D eigenvalue weighted by atomic mass is 19.1. The molecule has 1 saturated heterocycles. The molecule has 1 fully saturated rings. The summed E-state index contributed by atoms with van der Waals surface area (Å²) in [6.45, 7) is 1.57. The number of rotatable bonds is 0. The third-order valence-electron chi connectivity index (χ3n) is 3.15. The Balaban J connectivity index is 2.12. The molecule has 3 nitrogen and oxygen atoms in total. The first kappa shape index (κ1) is 8.83. The summed E-state index contributed by atoms with van der Waals surface area (Å²) in [5.74, 6) is 0.322. The SMILES string of the molecule is Nc1cc(F)c2c(c1)OCC1CCCN21. The standard InChI is InChI=1S/C11H13FN2O/c12-9-4-7(13)5-10-11(9)14-3-1-2-8(14)6-15-10/h4-5,8H,1-3,6,13H2. The number of halogens is 1. The van der Waals surface area contributed by atoms with E-state index in [0.29, 0.717) is 29.8 Å². The van der Waals surface area contributed by atoms with Gasteiger partial charge in [0.2, 0.25) is 0 Å². The predicted octanol–water partition coefficient (Wildman–Crippen LogP) is 1.77. The van der Waals surface area contributed by atoms with Gasteiger partial charge in [-0.1, -0.05) is 0 Å². The van der Waals surface area contributed by atoms with Crippen molar-refractivity contribution < 1.29 is 9.13 Å². The van der Waals surface area contributed by atoms with Crippen LogP contribution in [0.5, 0.6) is 5.75 Å². The van der Waals surface area contributed by atoms with E-state index in [1.807, 2.05) is 0 Å². The Kier molecular flexibility index (Phi) is 1.78. The maximum Gasteiger partial charge on any atom is 0.152 e. The van der Waals surface area contributed by atoms with Crippen LogP contribution in [0.25, 0.3) is 0 Å². The van der Waals surface area contributed by atoms with E-state index < -0.39 is 0 Å². The highest BCUT2D eigenvalue weighted by Crippen LogP contribution is 2.41. The third kappa shape index (κ3) is 1.24. The van der Waals surface area contributed by atoms with Crippen LogP contribution in [0.15, 0.2) is 12.1 Å². The maximum absolute atomic E-state index is 13.8. The number of anilines is 2. The van der Waals surface area contributed by atoms with Gasteiger partial charge in [0, 0.05) is 18.3 Å². The lowest BCUT2D eigenvalue weighted by Gasteiger charge is -2.33. The molecule has 0 radical (unpaired) electrons. The van der Waals surface area contributed by atoms with E-state index in [4.69, 9.17) is 10.5 Å². The van der Waals surface area contributed by atoms with Crippen molar-refractivity contribution in [3.8, 4) is 5.75 Å². The molecule has 2 aliphatic heterocycles. The first-order valence-corrected chi connectivity index (χ1v) is 5.24. The molecule has 2 heterocycles. The van der Waals surface area contributed by atoms with E-state index >= 15 is 0 Å². The van der Waals surface area contributed by atoms with Crippen LogP contribution in [0.4, 0.5) is 15.8 Å². The molecule has 0 amide bonds. The summed E-state index contributed by atoms with van der Waals surface area (Å²) in [7, 11) is 0. The van der Waals surface area contributed by atoms with Crippen molar-refractivity contribution in [1.82, 2.24) is 0 Å². The highest BCUT2D eigenvalue weighted by molar-refractivity contribution is 5.67. The Labute approximate surface area is 87.6 Å².